The number of thioether (sulfide) groups is 1. The Balaban J connectivity index is 1.89. The number of hydrogen-bond donors (Lipinski definition) is 1. The largest absolute Gasteiger partial charge is 0.497 e. The van der Waals surface area contributed by atoms with Gasteiger partial charge >= 0.3 is 6.18 Å². The molecule has 1 unspecified atom stereocenters. The smallest absolute Gasteiger partial charge is 0.416 e. The molecule has 2 aromatic rings. The van der Waals surface area contributed by atoms with E-state index in [0.29, 0.717) is 11.4 Å². The van der Waals surface area contributed by atoms with Crippen LogP contribution >= 0.6 is 11.8 Å². The fraction of sp³-hybridized carbons (Fsp3) is 0.278. The maximum absolute atomic E-state index is 12.5. The third-order valence-electron chi connectivity index (χ3n) is 3.48. The van der Waals surface area contributed by atoms with Gasteiger partial charge in [-0.3, -0.25) is 4.79 Å². The van der Waals surface area contributed by atoms with Gasteiger partial charge in [-0.25, -0.2) is 0 Å². The predicted octanol–water partition coefficient (Wildman–Crippen LogP) is 4.97. The molecule has 0 aromatic heterocycles. The SMILES string of the molecule is COc1cccc(CSC(C)C(=O)Nc2ccc(C(F)(F)F)cc2)c1. The third kappa shape index (κ3) is 5.70. The van der Waals surface area contributed by atoms with Crippen LogP contribution < -0.4 is 10.1 Å². The van der Waals surface area contributed by atoms with Crippen molar-refractivity contribution in [1.82, 2.24) is 0 Å². The Labute approximate surface area is 148 Å². The number of amides is 1. The number of nitrogens with one attached hydrogen (secondary N) is 1. The van der Waals surface area contributed by atoms with E-state index in [2.05, 4.69) is 5.32 Å². The number of ether oxygens (including phenoxy) is 1. The molecule has 1 amide bonds. The van der Waals surface area contributed by atoms with E-state index in [1.165, 1.54) is 23.9 Å². The minimum atomic E-state index is -4.39. The summed E-state index contributed by atoms with van der Waals surface area (Å²) in [6.45, 7) is 1.75. The number of rotatable bonds is 6. The molecule has 25 heavy (non-hydrogen) atoms. The Morgan fingerprint density at radius 3 is 2.48 bits per heavy atom. The molecule has 3 nitrogen and oxygen atoms in total. The van der Waals surface area contributed by atoms with Crippen LogP contribution in [-0.4, -0.2) is 18.3 Å². The highest BCUT2D eigenvalue weighted by Crippen LogP contribution is 2.30. The minimum absolute atomic E-state index is 0.257. The van der Waals surface area contributed by atoms with Crippen molar-refractivity contribution in [2.24, 2.45) is 0 Å². The lowest BCUT2D eigenvalue weighted by Gasteiger charge is -2.13. The summed E-state index contributed by atoms with van der Waals surface area (Å²) >= 11 is 1.44. The van der Waals surface area contributed by atoms with Crippen LogP contribution in [0.4, 0.5) is 18.9 Å². The number of methoxy groups -OCH3 is 1. The van der Waals surface area contributed by atoms with Gasteiger partial charge in [-0.2, -0.15) is 13.2 Å². The van der Waals surface area contributed by atoms with E-state index in [1.54, 1.807) is 14.0 Å². The first kappa shape index (κ1) is 19.2. The molecule has 0 aliphatic carbocycles. The Kier molecular flexibility index (Phi) is 6.36. The van der Waals surface area contributed by atoms with Gasteiger partial charge in [0.2, 0.25) is 5.91 Å². The second kappa shape index (κ2) is 8.29. The van der Waals surface area contributed by atoms with Crippen LogP contribution in [-0.2, 0) is 16.7 Å². The molecule has 0 spiro atoms. The lowest BCUT2D eigenvalue weighted by atomic mass is 10.2. The average Bonchev–Trinajstić information content (AvgIpc) is 2.59. The number of anilines is 1. The Bertz CT molecular complexity index is 717. The van der Waals surface area contributed by atoms with E-state index in [-0.39, 0.29) is 11.2 Å². The Morgan fingerprint density at radius 2 is 1.88 bits per heavy atom. The van der Waals surface area contributed by atoms with Crippen molar-refractivity contribution in [3.8, 4) is 5.75 Å². The standard InChI is InChI=1S/C18H18F3NO2S/c1-12(25-11-13-4-3-5-16(10-13)24-2)17(23)22-15-8-6-14(7-9-15)18(19,20)21/h3-10,12H,11H2,1-2H3,(H,22,23). The van der Waals surface area contributed by atoms with Crippen LogP contribution in [0.5, 0.6) is 5.75 Å². The summed E-state index contributed by atoms with van der Waals surface area (Å²) in [6.07, 6.45) is -4.39. The predicted molar refractivity (Wildman–Crippen MR) is 93.8 cm³/mol. The molecule has 0 saturated heterocycles. The zero-order chi connectivity index (χ0) is 18.4. The van der Waals surface area contributed by atoms with Crippen LogP contribution in [0.3, 0.4) is 0 Å². The minimum Gasteiger partial charge on any atom is -0.497 e. The van der Waals surface area contributed by atoms with Crippen LogP contribution in [0.15, 0.2) is 48.5 Å². The second-order valence-electron chi connectivity index (χ2n) is 5.37. The van der Waals surface area contributed by atoms with Crippen LogP contribution in [0, 0.1) is 0 Å². The molecule has 0 fully saturated rings. The monoisotopic (exact) mass is 369 g/mol. The molecule has 0 heterocycles. The maximum atomic E-state index is 12.5. The number of halogens is 3. The summed E-state index contributed by atoms with van der Waals surface area (Å²) in [4.78, 5) is 12.2. The van der Waals surface area contributed by atoms with Crippen molar-refractivity contribution in [3.63, 3.8) is 0 Å². The van der Waals surface area contributed by atoms with E-state index in [4.69, 9.17) is 4.74 Å². The second-order valence-corrected chi connectivity index (χ2v) is 6.70. The zero-order valence-electron chi connectivity index (χ0n) is 13.8. The first-order valence-corrected chi connectivity index (χ1v) is 8.57. The number of alkyl halides is 3. The molecule has 0 bridgehead atoms. The van der Waals surface area contributed by atoms with Gasteiger partial charge < -0.3 is 10.1 Å². The normalized spacial score (nSPS) is 12.5. The third-order valence-corrected chi connectivity index (χ3v) is 4.70. The first-order chi connectivity index (χ1) is 11.8. The summed E-state index contributed by atoms with van der Waals surface area (Å²) < 4.78 is 42.7. The molecule has 7 heteroatoms. The highest BCUT2D eigenvalue weighted by Gasteiger charge is 2.30. The highest BCUT2D eigenvalue weighted by molar-refractivity contribution is 7.99. The van der Waals surface area contributed by atoms with E-state index in [1.807, 2.05) is 24.3 Å². The summed E-state index contributed by atoms with van der Waals surface area (Å²) in [6, 6.07) is 12.0. The number of benzene rings is 2. The van der Waals surface area contributed by atoms with Gasteiger partial charge in [0, 0.05) is 11.4 Å². The molecule has 1 atom stereocenters. The summed E-state index contributed by atoms with van der Waals surface area (Å²) in [5.74, 6) is 1.12. The maximum Gasteiger partial charge on any atom is 0.416 e. The van der Waals surface area contributed by atoms with Gasteiger partial charge in [0.1, 0.15) is 5.75 Å². The summed E-state index contributed by atoms with van der Waals surface area (Å²) in [5.41, 5.74) is 0.622. The van der Waals surface area contributed by atoms with Crippen molar-refractivity contribution < 1.29 is 22.7 Å². The molecule has 0 aliphatic rings. The van der Waals surface area contributed by atoms with Crippen molar-refractivity contribution in [1.29, 1.82) is 0 Å². The highest BCUT2D eigenvalue weighted by atomic mass is 32.2. The van der Waals surface area contributed by atoms with E-state index >= 15 is 0 Å². The van der Waals surface area contributed by atoms with Crippen molar-refractivity contribution in [2.45, 2.75) is 24.1 Å². The lowest BCUT2D eigenvalue weighted by Crippen LogP contribution is -2.22. The number of carbonyl (C=O) groups excluding carboxylic acids is 1. The molecule has 0 aliphatic heterocycles. The van der Waals surface area contributed by atoms with Gasteiger partial charge in [0.25, 0.3) is 0 Å². The van der Waals surface area contributed by atoms with Crippen molar-refractivity contribution >= 4 is 23.4 Å². The van der Waals surface area contributed by atoms with E-state index < -0.39 is 11.7 Å². The number of hydrogen-bond acceptors (Lipinski definition) is 3. The lowest BCUT2D eigenvalue weighted by molar-refractivity contribution is -0.137. The summed E-state index contributed by atoms with van der Waals surface area (Å²) in [7, 11) is 1.59. The fourth-order valence-electron chi connectivity index (χ4n) is 2.05. The van der Waals surface area contributed by atoms with E-state index in [9.17, 15) is 18.0 Å². The molecule has 134 valence electrons. The first-order valence-electron chi connectivity index (χ1n) is 7.52. The van der Waals surface area contributed by atoms with Gasteiger partial charge in [-0.05, 0) is 48.9 Å². The summed E-state index contributed by atoms with van der Waals surface area (Å²) in [5, 5.41) is 2.27. The zero-order valence-corrected chi connectivity index (χ0v) is 14.6. The fourth-order valence-corrected chi connectivity index (χ4v) is 2.88. The molecule has 0 radical (unpaired) electrons. The van der Waals surface area contributed by atoms with Crippen molar-refractivity contribution in [3.05, 3.63) is 59.7 Å². The molecule has 2 rings (SSSR count). The van der Waals surface area contributed by atoms with Gasteiger partial charge in [-0.15, -0.1) is 11.8 Å². The van der Waals surface area contributed by atoms with Crippen LogP contribution in [0.2, 0.25) is 0 Å². The Morgan fingerprint density at radius 1 is 1.20 bits per heavy atom. The van der Waals surface area contributed by atoms with Gasteiger partial charge in [-0.1, -0.05) is 12.1 Å². The molecular formula is C18H18F3NO2S. The quantitative estimate of drug-likeness (QED) is 0.781. The van der Waals surface area contributed by atoms with Crippen molar-refractivity contribution in [2.75, 3.05) is 12.4 Å². The average molecular weight is 369 g/mol. The molecule has 2 aromatic carbocycles. The molecular weight excluding hydrogens is 351 g/mol. The van der Waals surface area contributed by atoms with Crippen LogP contribution in [0.1, 0.15) is 18.1 Å². The topological polar surface area (TPSA) is 38.3 Å². The van der Waals surface area contributed by atoms with E-state index in [0.717, 1.165) is 23.4 Å². The molecule has 0 saturated carbocycles. The van der Waals surface area contributed by atoms with Crippen LogP contribution in [0.25, 0.3) is 0 Å². The van der Waals surface area contributed by atoms with Gasteiger partial charge in [0.15, 0.2) is 0 Å². The Hall–Kier alpha value is -2.15. The van der Waals surface area contributed by atoms with Gasteiger partial charge in [0.05, 0.1) is 17.9 Å². The molecule has 1 N–H and O–H groups in total. The number of carbonyl (C=O) groups is 1.